The molecule has 0 aliphatic rings. The predicted molar refractivity (Wildman–Crippen MR) is 18.7 cm³/mol. The summed E-state index contributed by atoms with van der Waals surface area (Å²) in [5.41, 5.74) is 4.13. The van der Waals surface area contributed by atoms with E-state index >= 15 is 0 Å². The van der Waals surface area contributed by atoms with Gasteiger partial charge < -0.3 is 5.73 Å². The van der Waals surface area contributed by atoms with Crippen molar-refractivity contribution in [1.82, 2.24) is 0 Å². The van der Waals surface area contributed by atoms with Crippen LogP contribution in [0.25, 0.3) is 0 Å². The van der Waals surface area contributed by atoms with Crippen molar-refractivity contribution < 1.29 is 13.5 Å². The monoisotopic (exact) mass is 107 g/mol. The molecule has 0 saturated heterocycles. The molecule has 0 unspecified atom stereocenters. The Morgan fingerprint density at radius 2 is 2.17 bits per heavy atom. The van der Waals surface area contributed by atoms with Gasteiger partial charge in [-0.2, -0.15) is 0 Å². The Balaban J connectivity index is 2.62. The van der Waals surface area contributed by atoms with E-state index in [-0.39, 0.29) is 0 Å². The maximum atomic E-state index is 9.76. The average molecular weight is 107 g/mol. The van der Waals surface area contributed by atoms with E-state index in [0.29, 0.717) is 0 Å². The summed E-state index contributed by atoms with van der Waals surface area (Å²) in [4.78, 5) is 9.76. The van der Waals surface area contributed by atoms with Crippen molar-refractivity contribution in [2.45, 2.75) is 0 Å². The maximum absolute atomic E-state index is 9.76. The summed E-state index contributed by atoms with van der Waals surface area (Å²) in [6, 6.07) is 0. The molecule has 4 nitrogen and oxygen atoms in total. The molecule has 1 amide bonds. The van der Waals surface area contributed by atoms with Gasteiger partial charge in [0.25, 0.3) is 0 Å². The molecule has 2 N–H and O–H groups in total. The van der Waals surface area contributed by atoms with E-state index in [1.165, 1.54) is 0 Å². The third-order valence-corrected chi connectivity index (χ3v) is 0.987. The summed E-state index contributed by atoms with van der Waals surface area (Å²) in [5, 5.41) is 0. The van der Waals surface area contributed by atoms with Gasteiger partial charge in [-0.3, -0.25) is 4.79 Å². The van der Waals surface area contributed by atoms with Crippen LogP contribution in [-0.4, -0.2) is 5.65 Å². The van der Waals surface area contributed by atoms with Crippen molar-refractivity contribution in [2.75, 3.05) is 0 Å². The van der Waals surface area contributed by atoms with Crippen LogP contribution in [0.2, 0.25) is 0 Å². The highest BCUT2D eigenvalue weighted by atomic mass is 31.1. The first-order chi connectivity index (χ1) is 2.80. The smallest absolute Gasteiger partial charge is 0.357 e. The summed E-state index contributed by atoms with van der Waals surface area (Å²) in [7, 11) is -1.27. The van der Waals surface area contributed by atoms with Crippen LogP contribution in [0.5, 0.6) is 0 Å². The second-order valence-corrected chi connectivity index (χ2v) is 2.00. The Labute approximate surface area is 34.1 Å². The highest BCUT2D eigenvalue weighted by Gasteiger charge is 2.13. The number of amides is 1. The molecular formula is CH2NO3P. The quantitative estimate of drug-likeness (QED) is 0.539. The van der Waals surface area contributed by atoms with Crippen LogP contribution < -0.4 is 5.73 Å². The Morgan fingerprint density at radius 3 is 2.17 bits per heavy atom. The Hall–Kier alpha value is -0.630. The van der Waals surface area contributed by atoms with Crippen molar-refractivity contribution in [3.05, 3.63) is 0 Å². The van der Waals surface area contributed by atoms with Gasteiger partial charge in [0.1, 0.15) is 0 Å². The number of rotatable bonds is 1. The molecule has 6 heavy (non-hydrogen) atoms. The lowest BCUT2D eigenvalue weighted by atomic mass is 11.5. The Kier molecular flexibility index (Phi) is 0.542. The second kappa shape index (κ2) is 0.914. The summed E-state index contributed by atoms with van der Waals surface area (Å²) < 4.78 is 8.12. The SMILES string of the molecule is NC(=O)p1oo1. The molecule has 34 valence electrons. The van der Waals surface area contributed by atoms with Crippen LogP contribution in [-0.2, 0) is 0 Å². The topological polar surface area (TPSA) is 69.4 Å². The van der Waals surface area contributed by atoms with Crippen LogP contribution in [0.3, 0.4) is 0 Å². The number of carbonyl (C=O) groups is 1. The second-order valence-electron chi connectivity index (χ2n) is 0.744. The highest BCUT2D eigenvalue weighted by Crippen LogP contribution is 2.33. The van der Waals surface area contributed by atoms with E-state index in [4.69, 9.17) is 0 Å². The van der Waals surface area contributed by atoms with Crippen LogP contribution in [0.1, 0.15) is 0 Å². The van der Waals surface area contributed by atoms with Crippen LogP contribution in [0.15, 0.2) is 8.71 Å². The number of hydrogen-bond donors (Lipinski definition) is 1. The van der Waals surface area contributed by atoms with Crippen LogP contribution in [0.4, 0.5) is 4.79 Å². The van der Waals surface area contributed by atoms with Crippen LogP contribution >= 0.6 is 8.01 Å². The van der Waals surface area contributed by atoms with E-state index in [1.54, 1.807) is 0 Å². The Bertz CT molecular complexity index is 128. The molecule has 1 aromatic rings. The molecule has 0 aliphatic carbocycles. The zero-order valence-corrected chi connectivity index (χ0v) is 3.64. The first-order valence-electron chi connectivity index (χ1n) is 1.25. The number of nitrogens with two attached hydrogens (primary N) is 1. The Morgan fingerprint density at radius 1 is 1.67 bits per heavy atom. The average Bonchev–Trinajstić information content (AvgIpc) is 2.06. The normalized spacial score (nSPS) is 9.33. The van der Waals surface area contributed by atoms with Crippen molar-refractivity contribution in [3.8, 4) is 0 Å². The number of hydrogen-bond acceptors (Lipinski definition) is 3. The molecule has 0 fully saturated rings. The zero-order valence-electron chi connectivity index (χ0n) is 2.75. The number of primary amides is 1. The van der Waals surface area contributed by atoms with E-state index < -0.39 is 13.7 Å². The first kappa shape index (κ1) is 3.56. The maximum Gasteiger partial charge on any atom is 0.407 e. The zero-order chi connectivity index (χ0) is 4.57. The first-order valence-corrected chi connectivity index (χ1v) is 2.43. The minimum Gasteiger partial charge on any atom is -0.357 e. The van der Waals surface area contributed by atoms with E-state index in [0.717, 1.165) is 0 Å². The lowest BCUT2D eigenvalue weighted by Crippen LogP contribution is -1.96. The minimum absolute atomic E-state index is 0.509. The summed E-state index contributed by atoms with van der Waals surface area (Å²) in [5.74, 6) is 0. The summed E-state index contributed by atoms with van der Waals surface area (Å²) >= 11 is 0. The lowest BCUT2D eigenvalue weighted by Gasteiger charge is -1.58. The third kappa shape index (κ3) is 0.466. The van der Waals surface area contributed by atoms with Crippen LogP contribution in [0, 0.1) is 0 Å². The van der Waals surface area contributed by atoms with Crippen molar-refractivity contribution in [3.63, 3.8) is 0 Å². The molecule has 1 aromatic heterocycles. The number of carbonyl (C=O) groups excluding carboxylic acids is 1. The van der Waals surface area contributed by atoms with Crippen molar-refractivity contribution in [1.29, 1.82) is 0 Å². The fraction of sp³-hybridized carbons (Fsp3) is 0. The molecule has 0 radical (unpaired) electrons. The van der Waals surface area contributed by atoms with Gasteiger partial charge in [-0.05, 0) is 0 Å². The van der Waals surface area contributed by atoms with Gasteiger partial charge in [0, 0.05) is 0 Å². The van der Waals surface area contributed by atoms with E-state index in [2.05, 4.69) is 14.4 Å². The van der Waals surface area contributed by atoms with Crippen molar-refractivity contribution >= 4 is 13.7 Å². The standard InChI is InChI=1S/CH2NO3P/c2-1(3)6-4-5-6/h(H2,2,3). The molecule has 5 heteroatoms. The van der Waals surface area contributed by atoms with Gasteiger partial charge in [-0.1, -0.05) is 0 Å². The molecule has 0 aromatic carbocycles. The molecule has 0 aliphatic heterocycles. The van der Waals surface area contributed by atoms with E-state index in [1.807, 2.05) is 0 Å². The molecule has 0 atom stereocenters. The fourth-order valence-corrected chi connectivity index (χ4v) is 0.370. The molecule has 1 heterocycles. The predicted octanol–water partition coefficient (Wildman–Crippen LogP) is 0.786. The van der Waals surface area contributed by atoms with Gasteiger partial charge in [-0.15, -0.1) is 0 Å². The van der Waals surface area contributed by atoms with Gasteiger partial charge >= 0.3 is 13.7 Å². The van der Waals surface area contributed by atoms with Crippen molar-refractivity contribution in [2.24, 2.45) is 5.73 Å². The highest BCUT2D eigenvalue weighted by molar-refractivity contribution is 7.59. The molecule has 0 spiro atoms. The molecular weight excluding hydrogens is 105 g/mol. The largest absolute Gasteiger partial charge is 0.407 e. The van der Waals surface area contributed by atoms with Gasteiger partial charge in [0.15, 0.2) is 0 Å². The molecule has 1 rings (SSSR count). The summed E-state index contributed by atoms with van der Waals surface area (Å²) in [6.07, 6.45) is 0. The molecule has 0 saturated carbocycles. The molecule has 0 bridgehead atoms. The third-order valence-electron chi connectivity index (χ3n) is 0.329. The summed E-state index contributed by atoms with van der Waals surface area (Å²) in [6.45, 7) is 0. The van der Waals surface area contributed by atoms with Gasteiger partial charge in [0.2, 0.25) is 0 Å². The van der Waals surface area contributed by atoms with Gasteiger partial charge in [0.05, 0.1) is 0 Å². The van der Waals surface area contributed by atoms with E-state index in [9.17, 15) is 4.79 Å². The lowest BCUT2D eigenvalue weighted by molar-refractivity contribution is 0.264. The minimum atomic E-state index is -1.27. The fourth-order valence-electron chi connectivity index (χ4n) is 0.0901. The van der Waals surface area contributed by atoms with Gasteiger partial charge in [-0.25, -0.2) is 8.71 Å².